The average molecular weight is 660 g/mol. The van der Waals surface area contributed by atoms with E-state index >= 15 is 0 Å². The van der Waals surface area contributed by atoms with Crippen LogP contribution in [0.5, 0.6) is 5.75 Å². The van der Waals surface area contributed by atoms with Crippen molar-refractivity contribution < 1.29 is 49.1 Å². The molecule has 0 bridgehead atoms. The Morgan fingerprint density at radius 2 is 1.49 bits per heavy atom. The molecular formula is C36H53NO10. The molecule has 0 aliphatic heterocycles. The molecule has 0 saturated heterocycles. The van der Waals surface area contributed by atoms with Crippen LogP contribution in [-0.2, 0) is 30.4 Å². The number of ether oxygens (including phenoxy) is 1. The number of hydrogen-bond acceptors (Lipinski definition) is 7. The SMILES string of the molecule is C=CCCCCCC(=O)CCCCCC/C=C/C(C(=O)NC(Cc1ccc(OCCC(C)C)cc1)C(=O)O)C(O)(CC(=O)O)C(=O)O. The van der Waals surface area contributed by atoms with Crippen molar-refractivity contribution in [2.75, 3.05) is 6.61 Å². The fourth-order valence-corrected chi connectivity index (χ4v) is 4.93. The molecule has 0 aromatic heterocycles. The summed E-state index contributed by atoms with van der Waals surface area (Å²) in [6, 6.07) is 5.20. The number of allylic oxidation sites excluding steroid dienone is 2. The van der Waals surface area contributed by atoms with Gasteiger partial charge in [-0.25, -0.2) is 9.59 Å². The third kappa shape index (κ3) is 16.9. The number of aliphatic carboxylic acids is 3. The molecule has 3 atom stereocenters. The molecule has 0 aliphatic rings. The largest absolute Gasteiger partial charge is 0.494 e. The minimum atomic E-state index is -3.02. The number of rotatable bonds is 27. The molecule has 3 unspecified atom stereocenters. The van der Waals surface area contributed by atoms with Crippen LogP contribution in [0.3, 0.4) is 0 Å². The zero-order chi connectivity index (χ0) is 35.2. The summed E-state index contributed by atoms with van der Waals surface area (Å²) in [5, 5.41) is 42.1. The lowest BCUT2D eigenvalue weighted by Crippen LogP contribution is -2.55. The number of ketones is 1. The lowest BCUT2D eigenvalue weighted by Gasteiger charge is -2.29. The molecule has 11 heteroatoms. The number of amides is 1. The highest BCUT2D eigenvalue weighted by atomic mass is 16.5. The summed E-state index contributed by atoms with van der Waals surface area (Å²) in [6.07, 6.45) is 12.3. The van der Waals surface area contributed by atoms with Gasteiger partial charge in [0.2, 0.25) is 5.91 Å². The van der Waals surface area contributed by atoms with Gasteiger partial charge in [-0.3, -0.25) is 14.4 Å². The van der Waals surface area contributed by atoms with E-state index in [9.17, 15) is 44.4 Å². The molecule has 0 radical (unpaired) electrons. The lowest BCUT2D eigenvalue weighted by atomic mass is 9.82. The predicted octanol–water partition coefficient (Wildman–Crippen LogP) is 5.73. The van der Waals surface area contributed by atoms with E-state index in [-0.39, 0.29) is 12.2 Å². The molecule has 1 aromatic rings. The Labute approximate surface area is 278 Å². The maximum absolute atomic E-state index is 13.3. The van der Waals surface area contributed by atoms with Crippen LogP contribution in [0.2, 0.25) is 0 Å². The summed E-state index contributed by atoms with van der Waals surface area (Å²) >= 11 is 0. The van der Waals surface area contributed by atoms with E-state index in [1.165, 1.54) is 6.08 Å². The topological polar surface area (TPSA) is 188 Å². The first-order valence-corrected chi connectivity index (χ1v) is 16.5. The van der Waals surface area contributed by atoms with Crippen LogP contribution in [0.4, 0.5) is 0 Å². The van der Waals surface area contributed by atoms with Gasteiger partial charge in [-0.2, -0.15) is 0 Å². The summed E-state index contributed by atoms with van der Waals surface area (Å²) in [6.45, 7) is 8.37. The molecule has 0 heterocycles. The van der Waals surface area contributed by atoms with Crippen molar-refractivity contribution in [3.63, 3.8) is 0 Å². The molecular weight excluding hydrogens is 606 g/mol. The second kappa shape index (κ2) is 22.5. The highest BCUT2D eigenvalue weighted by Gasteiger charge is 2.49. The number of aliphatic hydroxyl groups is 1. The molecule has 5 N–H and O–H groups in total. The average Bonchev–Trinajstić information content (AvgIpc) is 2.99. The maximum Gasteiger partial charge on any atom is 0.337 e. The molecule has 0 fully saturated rings. The molecule has 262 valence electrons. The third-order valence-corrected chi connectivity index (χ3v) is 7.80. The number of hydrogen-bond donors (Lipinski definition) is 5. The van der Waals surface area contributed by atoms with Crippen molar-refractivity contribution in [3.8, 4) is 5.75 Å². The Hall–Kier alpha value is -3.99. The van der Waals surface area contributed by atoms with Gasteiger partial charge in [-0.1, -0.05) is 63.5 Å². The number of benzene rings is 1. The van der Waals surface area contributed by atoms with Crippen LogP contribution in [0.25, 0.3) is 0 Å². The van der Waals surface area contributed by atoms with Crippen LogP contribution >= 0.6 is 0 Å². The van der Waals surface area contributed by atoms with Gasteiger partial charge in [-0.15, -0.1) is 6.58 Å². The van der Waals surface area contributed by atoms with E-state index in [1.54, 1.807) is 24.3 Å². The van der Waals surface area contributed by atoms with E-state index in [2.05, 4.69) is 25.7 Å². The molecule has 47 heavy (non-hydrogen) atoms. The summed E-state index contributed by atoms with van der Waals surface area (Å²) in [4.78, 5) is 60.9. The zero-order valence-corrected chi connectivity index (χ0v) is 27.8. The van der Waals surface area contributed by atoms with E-state index in [4.69, 9.17) is 4.74 Å². The standard InChI is InChI=1S/C36H53NO10/c1-4-5-6-9-12-15-28(38)16-13-10-7-8-11-14-17-30(36(46,35(44)45)25-32(39)40)33(41)37-31(34(42)43)24-27-18-20-29(21-19-27)47-23-22-26(2)3/h4,14,17-21,26,30-31,46H,1,5-13,15-16,22-25H2,2-3H3,(H,37,41)(H,39,40)(H,42,43)(H,44,45)/b17-14+. The Balaban J connectivity index is 2.82. The molecule has 1 aromatic carbocycles. The Morgan fingerprint density at radius 3 is 2.04 bits per heavy atom. The molecule has 0 spiro atoms. The first kappa shape index (κ1) is 41.0. The summed E-state index contributed by atoms with van der Waals surface area (Å²) in [5.41, 5.74) is -2.46. The first-order valence-electron chi connectivity index (χ1n) is 16.5. The number of carboxylic acids is 3. The fourth-order valence-electron chi connectivity index (χ4n) is 4.93. The van der Waals surface area contributed by atoms with Gasteiger partial charge in [-0.05, 0) is 68.6 Å². The van der Waals surface area contributed by atoms with Crippen LogP contribution in [0, 0.1) is 11.8 Å². The van der Waals surface area contributed by atoms with Crippen LogP contribution in [0.1, 0.15) is 103 Å². The fraction of sp³-hybridized carbons (Fsp3) is 0.583. The van der Waals surface area contributed by atoms with E-state index in [0.717, 1.165) is 57.4 Å². The molecule has 1 amide bonds. The number of carboxylic acid groups (broad SMARTS) is 3. The van der Waals surface area contributed by atoms with E-state index in [0.29, 0.717) is 49.5 Å². The van der Waals surface area contributed by atoms with Gasteiger partial charge in [0, 0.05) is 19.3 Å². The highest BCUT2D eigenvalue weighted by Crippen LogP contribution is 2.26. The number of Topliss-reactive ketones (excluding diaryl/α,β-unsaturated/α-hetero) is 1. The lowest BCUT2D eigenvalue weighted by molar-refractivity contribution is -0.172. The minimum Gasteiger partial charge on any atom is -0.494 e. The third-order valence-electron chi connectivity index (χ3n) is 7.80. The monoisotopic (exact) mass is 659 g/mol. The summed E-state index contributed by atoms with van der Waals surface area (Å²) < 4.78 is 5.68. The van der Waals surface area contributed by atoms with Gasteiger partial charge in [0.25, 0.3) is 0 Å². The van der Waals surface area contributed by atoms with Crippen molar-refractivity contribution in [3.05, 3.63) is 54.6 Å². The van der Waals surface area contributed by atoms with Gasteiger partial charge < -0.3 is 30.5 Å². The second-order valence-electron chi connectivity index (χ2n) is 12.4. The van der Waals surface area contributed by atoms with E-state index < -0.39 is 47.8 Å². The summed E-state index contributed by atoms with van der Waals surface area (Å²) in [5.74, 6) is -6.63. The van der Waals surface area contributed by atoms with Crippen LogP contribution < -0.4 is 10.1 Å². The Kier molecular flexibility index (Phi) is 19.7. The van der Waals surface area contributed by atoms with Crippen LogP contribution in [-0.4, -0.2) is 68.3 Å². The van der Waals surface area contributed by atoms with Gasteiger partial charge in [0.15, 0.2) is 5.60 Å². The second-order valence-corrected chi connectivity index (χ2v) is 12.4. The van der Waals surface area contributed by atoms with Gasteiger partial charge in [0.1, 0.15) is 17.6 Å². The smallest absolute Gasteiger partial charge is 0.337 e. The first-order chi connectivity index (χ1) is 22.3. The minimum absolute atomic E-state index is 0.147. The normalized spacial score (nSPS) is 13.9. The zero-order valence-electron chi connectivity index (χ0n) is 27.8. The number of nitrogens with one attached hydrogen (secondary N) is 1. The van der Waals surface area contributed by atoms with Crippen LogP contribution in [0.15, 0.2) is 49.1 Å². The van der Waals surface area contributed by atoms with Gasteiger partial charge >= 0.3 is 17.9 Å². The highest BCUT2D eigenvalue weighted by molar-refractivity contribution is 5.94. The van der Waals surface area contributed by atoms with Crippen molar-refractivity contribution >= 4 is 29.6 Å². The molecule has 11 nitrogen and oxygen atoms in total. The van der Waals surface area contributed by atoms with Crippen molar-refractivity contribution in [2.45, 2.75) is 115 Å². The number of unbranched alkanes of at least 4 members (excludes halogenated alkanes) is 7. The number of carbonyl (C=O) groups excluding carboxylic acids is 2. The predicted molar refractivity (Wildman–Crippen MR) is 178 cm³/mol. The maximum atomic E-state index is 13.3. The quantitative estimate of drug-likeness (QED) is 0.0576. The van der Waals surface area contributed by atoms with Crippen molar-refractivity contribution in [2.24, 2.45) is 11.8 Å². The summed E-state index contributed by atoms with van der Waals surface area (Å²) in [7, 11) is 0. The van der Waals surface area contributed by atoms with Gasteiger partial charge in [0.05, 0.1) is 18.9 Å². The molecule has 0 saturated carbocycles. The van der Waals surface area contributed by atoms with Crippen molar-refractivity contribution in [1.82, 2.24) is 5.32 Å². The van der Waals surface area contributed by atoms with Crippen molar-refractivity contribution in [1.29, 1.82) is 0 Å². The Morgan fingerprint density at radius 1 is 0.894 bits per heavy atom. The molecule has 0 aliphatic carbocycles. The molecule has 1 rings (SSSR count). The van der Waals surface area contributed by atoms with E-state index in [1.807, 2.05) is 6.08 Å². The number of carbonyl (C=O) groups is 5. The Bertz CT molecular complexity index is 1180.